The molecule has 1 aromatic rings. The van der Waals surface area contributed by atoms with Crippen LogP contribution in [-0.2, 0) is 6.42 Å². The zero-order chi connectivity index (χ0) is 11.5. The second-order valence-corrected chi connectivity index (χ2v) is 3.02. The molecule has 0 spiro atoms. The Hall–Kier alpha value is -1.33. The van der Waals surface area contributed by atoms with Gasteiger partial charge in [-0.2, -0.15) is 18.2 Å². The fourth-order valence-electron chi connectivity index (χ4n) is 0.987. The Bertz CT molecular complexity index is 339. The third kappa shape index (κ3) is 4.14. The van der Waals surface area contributed by atoms with E-state index in [4.69, 9.17) is 0 Å². The maximum absolute atomic E-state index is 11.9. The first-order valence-electron chi connectivity index (χ1n) is 4.45. The minimum atomic E-state index is -4.34. The van der Waals surface area contributed by atoms with Crippen LogP contribution in [0.15, 0.2) is 6.07 Å². The predicted octanol–water partition coefficient (Wildman–Crippen LogP) is 2.29. The van der Waals surface area contributed by atoms with Crippen molar-refractivity contribution in [3.8, 4) is 5.88 Å². The first-order valence-corrected chi connectivity index (χ1v) is 4.45. The van der Waals surface area contributed by atoms with Crippen LogP contribution in [0.25, 0.3) is 0 Å². The Balaban J connectivity index is 2.73. The van der Waals surface area contributed by atoms with E-state index >= 15 is 0 Å². The molecule has 3 nitrogen and oxygen atoms in total. The van der Waals surface area contributed by atoms with Crippen LogP contribution >= 0.6 is 0 Å². The van der Waals surface area contributed by atoms with E-state index in [1.807, 2.05) is 6.92 Å². The Morgan fingerprint density at radius 2 is 2.00 bits per heavy atom. The number of alkyl halides is 3. The third-order valence-corrected chi connectivity index (χ3v) is 1.58. The summed E-state index contributed by atoms with van der Waals surface area (Å²) in [5.74, 6) is 0.448. The lowest BCUT2D eigenvalue weighted by molar-refractivity contribution is -0.154. The number of ether oxygens (including phenoxy) is 1. The van der Waals surface area contributed by atoms with E-state index in [1.54, 1.807) is 6.92 Å². The van der Waals surface area contributed by atoms with Gasteiger partial charge < -0.3 is 4.74 Å². The molecule has 0 aliphatic rings. The molecule has 15 heavy (non-hydrogen) atoms. The van der Waals surface area contributed by atoms with Crippen molar-refractivity contribution in [2.45, 2.75) is 26.4 Å². The summed E-state index contributed by atoms with van der Waals surface area (Å²) >= 11 is 0. The van der Waals surface area contributed by atoms with E-state index in [0.29, 0.717) is 17.9 Å². The molecule has 1 rings (SSSR count). The molecule has 0 aliphatic carbocycles. The van der Waals surface area contributed by atoms with E-state index in [0.717, 1.165) is 0 Å². The molecule has 0 saturated heterocycles. The van der Waals surface area contributed by atoms with Crippen molar-refractivity contribution in [3.05, 3.63) is 17.6 Å². The fourth-order valence-corrected chi connectivity index (χ4v) is 0.987. The molecule has 6 heteroatoms. The molecule has 0 aliphatic heterocycles. The topological polar surface area (TPSA) is 35.0 Å². The Morgan fingerprint density at radius 1 is 1.33 bits per heavy atom. The van der Waals surface area contributed by atoms with Crippen molar-refractivity contribution >= 4 is 0 Å². The van der Waals surface area contributed by atoms with Crippen LogP contribution in [0.4, 0.5) is 13.2 Å². The molecule has 1 heterocycles. The summed E-state index contributed by atoms with van der Waals surface area (Å²) in [5.41, 5.74) is 0.596. The van der Waals surface area contributed by atoms with Gasteiger partial charge in [0.25, 0.3) is 0 Å². The quantitative estimate of drug-likeness (QED) is 0.783. The minimum Gasteiger partial charge on any atom is -0.468 e. The van der Waals surface area contributed by atoms with E-state index in [2.05, 4.69) is 14.7 Å². The lowest BCUT2D eigenvalue weighted by Crippen LogP contribution is -2.20. The second-order valence-electron chi connectivity index (χ2n) is 3.02. The number of halogens is 3. The molecular weight excluding hydrogens is 209 g/mol. The highest BCUT2D eigenvalue weighted by Crippen LogP contribution is 2.17. The smallest absolute Gasteiger partial charge is 0.422 e. The predicted molar refractivity (Wildman–Crippen MR) is 47.7 cm³/mol. The molecule has 0 fully saturated rings. The molecule has 84 valence electrons. The van der Waals surface area contributed by atoms with Gasteiger partial charge in [-0.25, -0.2) is 4.98 Å². The molecule has 0 atom stereocenters. The molecule has 1 aromatic heterocycles. The van der Waals surface area contributed by atoms with Crippen molar-refractivity contribution in [2.24, 2.45) is 0 Å². The summed E-state index contributed by atoms with van der Waals surface area (Å²) in [4.78, 5) is 7.85. The maximum Gasteiger partial charge on any atom is 0.422 e. The van der Waals surface area contributed by atoms with Crippen LogP contribution in [0.5, 0.6) is 5.88 Å². The molecule has 0 saturated carbocycles. The van der Waals surface area contributed by atoms with Crippen molar-refractivity contribution < 1.29 is 17.9 Å². The van der Waals surface area contributed by atoms with E-state index in [9.17, 15) is 13.2 Å². The van der Waals surface area contributed by atoms with Gasteiger partial charge in [-0.1, -0.05) is 6.92 Å². The van der Waals surface area contributed by atoms with Crippen molar-refractivity contribution in [3.63, 3.8) is 0 Å². The van der Waals surface area contributed by atoms with Gasteiger partial charge in [0.05, 0.1) is 0 Å². The standard InChI is InChI=1S/C9H11F3N2O/c1-3-7-13-6(2)4-8(14-7)15-5-9(10,11)12/h4H,3,5H2,1-2H3. The fraction of sp³-hybridized carbons (Fsp3) is 0.556. The molecule has 0 unspecified atom stereocenters. The molecule has 0 bridgehead atoms. The van der Waals surface area contributed by atoms with Gasteiger partial charge in [-0.15, -0.1) is 0 Å². The van der Waals surface area contributed by atoms with Gasteiger partial charge in [0, 0.05) is 18.2 Å². The summed E-state index contributed by atoms with van der Waals surface area (Å²) in [7, 11) is 0. The van der Waals surface area contributed by atoms with Crippen LogP contribution in [0, 0.1) is 6.92 Å². The molecule has 0 aromatic carbocycles. The largest absolute Gasteiger partial charge is 0.468 e. The summed E-state index contributed by atoms with van der Waals surface area (Å²) < 4.78 is 40.1. The monoisotopic (exact) mass is 220 g/mol. The van der Waals surface area contributed by atoms with E-state index < -0.39 is 12.8 Å². The third-order valence-electron chi connectivity index (χ3n) is 1.58. The van der Waals surface area contributed by atoms with Crippen LogP contribution in [0.3, 0.4) is 0 Å². The lowest BCUT2D eigenvalue weighted by atomic mass is 10.4. The first-order chi connectivity index (χ1) is 6.90. The van der Waals surface area contributed by atoms with E-state index in [-0.39, 0.29) is 5.88 Å². The number of aryl methyl sites for hydroxylation is 2. The zero-order valence-electron chi connectivity index (χ0n) is 8.43. The number of hydrogen-bond acceptors (Lipinski definition) is 3. The maximum atomic E-state index is 11.9. The lowest BCUT2D eigenvalue weighted by Gasteiger charge is -2.09. The first kappa shape index (κ1) is 11.7. The molecule has 0 radical (unpaired) electrons. The van der Waals surface area contributed by atoms with E-state index in [1.165, 1.54) is 6.07 Å². The summed E-state index contributed by atoms with van der Waals surface area (Å²) in [6, 6.07) is 1.38. The highest BCUT2D eigenvalue weighted by Gasteiger charge is 2.28. The minimum absolute atomic E-state index is 0.0309. The highest BCUT2D eigenvalue weighted by atomic mass is 19.4. The van der Waals surface area contributed by atoms with Gasteiger partial charge in [0.2, 0.25) is 5.88 Å². The molecular formula is C9H11F3N2O. The van der Waals surface area contributed by atoms with Crippen LogP contribution in [0.1, 0.15) is 18.4 Å². The number of aromatic nitrogens is 2. The SMILES string of the molecule is CCc1nc(C)cc(OCC(F)(F)F)n1. The Labute approximate surface area is 85.3 Å². The number of hydrogen-bond donors (Lipinski definition) is 0. The highest BCUT2D eigenvalue weighted by molar-refractivity contribution is 5.15. The van der Waals surface area contributed by atoms with Crippen LogP contribution < -0.4 is 4.74 Å². The van der Waals surface area contributed by atoms with Gasteiger partial charge in [-0.05, 0) is 6.92 Å². The molecule has 0 amide bonds. The number of nitrogens with zero attached hydrogens (tertiary/aromatic N) is 2. The van der Waals surface area contributed by atoms with Gasteiger partial charge in [0.15, 0.2) is 6.61 Å². The Morgan fingerprint density at radius 3 is 2.53 bits per heavy atom. The normalized spacial score (nSPS) is 11.5. The average molecular weight is 220 g/mol. The molecule has 0 N–H and O–H groups in total. The van der Waals surface area contributed by atoms with Crippen molar-refractivity contribution in [1.29, 1.82) is 0 Å². The zero-order valence-corrected chi connectivity index (χ0v) is 8.43. The van der Waals surface area contributed by atoms with Crippen molar-refractivity contribution in [2.75, 3.05) is 6.61 Å². The second kappa shape index (κ2) is 4.46. The van der Waals surface area contributed by atoms with Gasteiger partial charge >= 0.3 is 6.18 Å². The Kier molecular flexibility index (Phi) is 3.49. The van der Waals surface area contributed by atoms with Gasteiger partial charge in [-0.3, -0.25) is 0 Å². The van der Waals surface area contributed by atoms with Gasteiger partial charge in [0.1, 0.15) is 5.82 Å². The average Bonchev–Trinajstić information content (AvgIpc) is 2.13. The summed E-state index contributed by atoms with van der Waals surface area (Å²) in [6.45, 7) is 2.18. The van der Waals surface area contributed by atoms with Crippen LogP contribution in [-0.4, -0.2) is 22.8 Å². The van der Waals surface area contributed by atoms with Crippen LogP contribution in [0.2, 0.25) is 0 Å². The summed E-state index contributed by atoms with van der Waals surface area (Å²) in [5, 5.41) is 0. The number of rotatable bonds is 3. The van der Waals surface area contributed by atoms with Crippen molar-refractivity contribution in [1.82, 2.24) is 9.97 Å². The summed E-state index contributed by atoms with van der Waals surface area (Å²) in [6.07, 6.45) is -3.78.